The molecule has 0 unspecified atom stereocenters. The first-order chi connectivity index (χ1) is 9.35. The smallest absolute Gasteiger partial charge is 0.281 e. The minimum Gasteiger partial charge on any atom is -0.326 e. The Hall–Kier alpha value is -2.00. The van der Waals surface area contributed by atoms with E-state index in [0.29, 0.717) is 5.69 Å². The Bertz CT molecular complexity index is 743. The molecular weight excluding hydrogens is 290 g/mol. The standard InChI is InChI=1S/C11H12F2N4O2S/c1-6-8(5-14)11(16-15-6)20(18,19)17-10-4-7(12)2-3-9(10)13/h2-4,17H,5,14H2,1H3,(H,15,16). The lowest BCUT2D eigenvalue weighted by atomic mass is 10.3. The Balaban J connectivity index is 2.43. The normalized spacial score (nSPS) is 11.6. The number of aryl methyl sites for hydroxylation is 1. The maximum atomic E-state index is 13.5. The van der Waals surface area contributed by atoms with Crippen LogP contribution in [0.4, 0.5) is 14.5 Å². The average molecular weight is 302 g/mol. The number of nitrogens with two attached hydrogens (primary N) is 1. The van der Waals surface area contributed by atoms with Crippen molar-refractivity contribution >= 4 is 15.7 Å². The number of nitrogens with zero attached hydrogens (tertiary/aromatic N) is 1. The topological polar surface area (TPSA) is 101 Å². The van der Waals surface area contributed by atoms with Gasteiger partial charge in [-0.05, 0) is 19.1 Å². The Labute approximate surface area is 114 Å². The summed E-state index contributed by atoms with van der Waals surface area (Å²) < 4.78 is 52.7. The molecule has 0 atom stereocenters. The molecule has 0 aliphatic rings. The zero-order valence-corrected chi connectivity index (χ0v) is 11.3. The van der Waals surface area contributed by atoms with Crippen molar-refractivity contribution < 1.29 is 17.2 Å². The number of nitrogens with one attached hydrogen (secondary N) is 2. The number of rotatable bonds is 4. The number of aromatic nitrogens is 2. The van der Waals surface area contributed by atoms with E-state index in [1.807, 2.05) is 4.72 Å². The number of anilines is 1. The van der Waals surface area contributed by atoms with Crippen molar-refractivity contribution in [3.63, 3.8) is 0 Å². The highest BCUT2D eigenvalue weighted by Crippen LogP contribution is 2.22. The molecule has 0 fully saturated rings. The highest BCUT2D eigenvalue weighted by molar-refractivity contribution is 7.92. The second kappa shape index (κ2) is 5.17. The van der Waals surface area contributed by atoms with E-state index in [9.17, 15) is 17.2 Å². The van der Waals surface area contributed by atoms with E-state index >= 15 is 0 Å². The van der Waals surface area contributed by atoms with Gasteiger partial charge in [-0.1, -0.05) is 0 Å². The summed E-state index contributed by atoms with van der Waals surface area (Å²) in [5, 5.41) is 5.79. The number of halogens is 2. The molecule has 9 heteroatoms. The van der Waals surface area contributed by atoms with E-state index in [1.54, 1.807) is 6.92 Å². The van der Waals surface area contributed by atoms with Crippen molar-refractivity contribution in [2.45, 2.75) is 18.5 Å². The summed E-state index contributed by atoms with van der Waals surface area (Å²) in [5.41, 5.74) is 5.74. The molecular formula is C11H12F2N4O2S. The molecule has 0 amide bonds. The molecule has 0 aliphatic carbocycles. The van der Waals surface area contributed by atoms with Crippen LogP contribution in [-0.4, -0.2) is 18.6 Å². The van der Waals surface area contributed by atoms with Gasteiger partial charge in [-0.15, -0.1) is 0 Å². The van der Waals surface area contributed by atoms with Gasteiger partial charge in [0.25, 0.3) is 10.0 Å². The molecule has 0 radical (unpaired) electrons. The van der Waals surface area contributed by atoms with E-state index in [-0.39, 0.29) is 17.1 Å². The molecule has 1 aromatic carbocycles. The maximum Gasteiger partial charge on any atom is 0.281 e. The van der Waals surface area contributed by atoms with Gasteiger partial charge < -0.3 is 5.73 Å². The average Bonchev–Trinajstić information content (AvgIpc) is 2.75. The fourth-order valence-corrected chi connectivity index (χ4v) is 2.93. The van der Waals surface area contributed by atoms with E-state index in [2.05, 4.69) is 10.2 Å². The van der Waals surface area contributed by atoms with Crippen molar-refractivity contribution in [3.8, 4) is 0 Å². The monoisotopic (exact) mass is 302 g/mol. The summed E-state index contributed by atoms with van der Waals surface area (Å²) in [6.45, 7) is 1.56. The van der Waals surface area contributed by atoms with Gasteiger partial charge in [0.1, 0.15) is 11.6 Å². The second-order valence-electron chi connectivity index (χ2n) is 4.07. The number of sulfonamides is 1. The van der Waals surface area contributed by atoms with Crippen molar-refractivity contribution in [1.29, 1.82) is 0 Å². The highest BCUT2D eigenvalue weighted by atomic mass is 32.2. The summed E-state index contributed by atoms with van der Waals surface area (Å²) in [6, 6.07) is 2.46. The summed E-state index contributed by atoms with van der Waals surface area (Å²) in [7, 11) is -4.15. The Kier molecular flexibility index (Phi) is 3.73. The molecule has 0 spiro atoms. The summed E-state index contributed by atoms with van der Waals surface area (Å²) in [6.07, 6.45) is 0. The lowest BCUT2D eigenvalue weighted by molar-refractivity contribution is 0.590. The van der Waals surface area contributed by atoms with Crippen LogP contribution in [-0.2, 0) is 16.6 Å². The van der Waals surface area contributed by atoms with Crippen LogP contribution >= 0.6 is 0 Å². The van der Waals surface area contributed by atoms with Gasteiger partial charge in [-0.25, -0.2) is 8.78 Å². The quantitative estimate of drug-likeness (QED) is 0.791. The van der Waals surface area contributed by atoms with Crippen LogP contribution in [0.3, 0.4) is 0 Å². The number of hydrogen-bond donors (Lipinski definition) is 3. The van der Waals surface area contributed by atoms with Crippen LogP contribution in [0.15, 0.2) is 23.2 Å². The van der Waals surface area contributed by atoms with E-state index in [4.69, 9.17) is 5.73 Å². The van der Waals surface area contributed by atoms with Crippen LogP contribution in [0.5, 0.6) is 0 Å². The molecule has 1 heterocycles. The van der Waals surface area contributed by atoms with Crippen LogP contribution in [0, 0.1) is 18.6 Å². The van der Waals surface area contributed by atoms with Crippen LogP contribution in [0.25, 0.3) is 0 Å². The molecule has 108 valence electrons. The number of aromatic amines is 1. The van der Waals surface area contributed by atoms with Gasteiger partial charge in [-0.2, -0.15) is 13.5 Å². The van der Waals surface area contributed by atoms with E-state index in [1.165, 1.54) is 0 Å². The second-order valence-corrected chi connectivity index (χ2v) is 5.66. The predicted molar refractivity (Wildman–Crippen MR) is 68.4 cm³/mol. The van der Waals surface area contributed by atoms with Gasteiger partial charge in [0.15, 0.2) is 0 Å². The molecule has 0 bridgehead atoms. The van der Waals surface area contributed by atoms with Crippen LogP contribution in [0.2, 0.25) is 0 Å². The van der Waals surface area contributed by atoms with Crippen molar-refractivity contribution in [2.75, 3.05) is 4.72 Å². The van der Waals surface area contributed by atoms with Crippen molar-refractivity contribution in [3.05, 3.63) is 41.1 Å². The molecule has 4 N–H and O–H groups in total. The zero-order chi connectivity index (χ0) is 14.9. The van der Waals surface area contributed by atoms with E-state index < -0.39 is 27.3 Å². The molecule has 2 aromatic rings. The summed E-state index contributed by atoms with van der Waals surface area (Å²) in [4.78, 5) is 0. The zero-order valence-electron chi connectivity index (χ0n) is 10.4. The third-order valence-electron chi connectivity index (χ3n) is 2.67. The molecule has 0 saturated heterocycles. The lowest BCUT2D eigenvalue weighted by Gasteiger charge is -2.08. The lowest BCUT2D eigenvalue weighted by Crippen LogP contribution is -2.17. The number of benzene rings is 1. The first-order valence-electron chi connectivity index (χ1n) is 5.57. The maximum absolute atomic E-state index is 13.5. The molecule has 1 aromatic heterocycles. The van der Waals surface area contributed by atoms with Gasteiger partial charge in [0.2, 0.25) is 5.03 Å². The molecule has 2 rings (SSSR count). The van der Waals surface area contributed by atoms with Crippen molar-refractivity contribution in [1.82, 2.24) is 10.2 Å². The molecule has 20 heavy (non-hydrogen) atoms. The van der Waals surface area contributed by atoms with Crippen LogP contribution in [0.1, 0.15) is 11.3 Å². The minimum atomic E-state index is -4.15. The third kappa shape index (κ3) is 2.63. The Morgan fingerprint density at radius 3 is 2.75 bits per heavy atom. The minimum absolute atomic E-state index is 0.0514. The Morgan fingerprint density at radius 1 is 1.40 bits per heavy atom. The van der Waals surface area contributed by atoms with Crippen LogP contribution < -0.4 is 10.5 Å². The summed E-state index contributed by atoms with van der Waals surface area (Å²) in [5.74, 6) is -1.65. The van der Waals surface area contributed by atoms with E-state index in [0.717, 1.165) is 18.2 Å². The fraction of sp³-hybridized carbons (Fsp3) is 0.182. The predicted octanol–water partition coefficient (Wildman–Crippen LogP) is 1.26. The molecule has 6 nitrogen and oxygen atoms in total. The van der Waals surface area contributed by atoms with Gasteiger partial charge >= 0.3 is 0 Å². The number of hydrogen-bond acceptors (Lipinski definition) is 4. The first kappa shape index (κ1) is 14.4. The fourth-order valence-electron chi connectivity index (χ4n) is 1.66. The first-order valence-corrected chi connectivity index (χ1v) is 7.05. The van der Waals surface area contributed by atoms with Gasteiger partial charge in [-0.3, -0.25) is 9.82 Å². The van der Waals surface area contributed by atoms with Gasteiger partial charge in [0.05, 0.1) is 5.69 Å². The SMILES string of the molecule is Cc1[nH]nc(S(=O)(=O)Nc2cc(F)ccc2F)c1CN. The summed E-state index contributed by atoms with van der Waals surface area (Å²) >= 11 is 0. The largest absolute Gasteiger partial charge is 0.326 e. The van der Waals surface area contributed by atoms with Crippen molar-refractivity contribution in [2.24, 2.45) is 5.73 Å². The van der Waals surface area contributed by atoms with Gasteiger partial charge in [0, 0.05) is 23.9 Å². The molecule has 0 aliphatic heterocycles. The Morgan fingerprint density at radius 2 is 2.10 bits per heavy atom. The third-order valence-corrected chi connectivity index (χ3v) is 4.00. The highest BCUT2D eigenvalue weighted by Gasteiger charge is 2.24. The molecule has 0 saturated carbocycles. The number of H-pyrrole nitrogens is 1.